The van der Waals surface area contributed by atoms with Crippen LogP contribution in [-0.2, 0) is 26.0 Å². The predicted octanol–water partition coefficient (Wildman–Crippen LogP) is 5.63. The number of unbranched alkanes of at least 4 members (excludes halogenated alkanes) is 1. The number of nitrogens with zero attached hydrogens (tertiary/aromatic N) is 2. The minimum absolute atomic E-state index is 0.0725. The molecule has 44 heavy (non-hydrogen) atoms. The van der Waals surface area contributed by atoms with Crippen molar-refractivity contribution in [1.29, 1.82) is 0 Å². The molecule has 0 radical (unpaired) electrons. The number of carbonyl (C=O) groups is 2. The normalized spacial score (nSPS) is 19.8. The van der Waals surface area contributed by atoms with Gasteiger partial charge in [0.1, 0.15) is 17.4 Å². The minimum atomic E-state index is -3.58. The number of hydrogen-bond donors (Lipinski definition) is 1. The van der Waals surface area contributed by atoms with E-state index in [1.807, 2.05) is 23.3 Å². The van der Waals surface area contributed by atoms with Gasteiger partial charge in [0.05, 0.1) is 22.9 Å². The van der Waals surface area contributed by atoms with Crippen LogP contribution in [0.25, 0.3) is 0 Å². The van der Waals surface area contributed by atoms with Gasteiger partial charge in [0.15, 0.2) is 5.78 Å². The quantitative estimate of drug-likeness (QED) is 0.277. The highest BCUT2D eigenvalue weighted by atomic mass is 32.2. The van der Waals surface area contributed by atoms with E-state index in [0.717, 1.165) is 11.3 Å². The molecule has 8 nitrogen and oxygen atoms in total. The molecule has 6 rings (SSSR count). The zero-order valence-corrected chi connectivity index (χ0v) is 24.6. The van der Waals surface area contributed by atoms with Crippen molar-refractivity contribution in [3.05, 3.63) is 119 Å². The van der Waals surface area contributed by atoms with Crippen molar-refractivity contribution < 1.29 is 31.3 Å². The van der Waals surface area contributed by atoms with Gasteiger partial charge in [-0.15, -0.1) is 0 Å². The molecule has 1 N–H and O–H groups in total. The van der Waals surface area contributed by atoms with E-state index in [0.29, 0.717) is 61.1 Å². The number of halogens is 2. The van der Waals surface area contributed by atoms with Gasteiger partial charge < -0.3 is 9.42 Å². The summed E-state index contributed by atoms with van der Waals surface area (Å²) in [5, 5.41) is 3.69. The van der Waals surface area contributed by atoms with Crippen molar-refractivity contribution in [2.75, 3.05) is 4.90 Å². The summed E-state index contributed by atoms with van der Waals surface area (Å²) >= 11 is 0. The van der Waals surface area contributed by atoms with E-state index in [9.17, 15) is 26.8 Å². The third kappa shape index (κ3) is 6.72. The summed E-state index contributed by atoms with van der Waals surface area (Å²) in [6.07, 6.45) is 10.7. The van der Waals surface area contributed by atoms with Crippen molar-refractivity contribution in [2.24, 2.45) is 0 Å². The Labute approximate surface area is 254 Å². The predicted molar refractivity (Wildman–Crippen MR) is 160 cm³/mol. The summed E-state index contributed by atoms with van der Waals surface area (Å²) in [6, 6.07) is 13.7. The highest BCUT2D eigenvalue weighted by Crippen LogP contribution is 2.37. The number of allylic oxidation sites excluding steroid dienone is 4. The smallest absolute Gasteiger partial charge is 0.237 e. The van der Waals surface area contributed by atoms with Crippen molar-refractivity contribution >= 4 is 27.4 Å². The molecule has 0 saturated heterocycles. The van der Waals surface area contributed by atoms with E-state index < -0.39 is 27.1 Å². The van der Waals surface area contributed by atoms with Crippen molar-refractivity contribution in [3.63, 3.8) is 0 Å². The number of nitrogens with one attached hydrogen (secondary N) is 1. The topological polar surface area (TPSA) is 110 Å². The maximum atomic E-state index is 13.7. The maximum Gasteiger partial charge on any atom is 0.237 e. The van der Waals surface area contributed by atoms with Gasteiger partial charge in [-0.25, -0.2) is 17.2 Å². The first-order chi connectivity index (χ1) is 21.2. The molecule has 11 heteroatoms. The largest absolute Gasteiger partial charge is 0.361 e. The molecular formula is C33H31F2N3O5S. The Morgan fingerprint density at radius 2 is 1.73 bits per heavy atom. The van der Waals surface area contributed by atoms with Gasteiger partial charge in [-0.1, -0.05) is 41.9 Å². The number of benzene rings is 2. The third-order valence-electron chi connectivity index (χ3n) is 8.01. The van der Waals surface area contributed by atoms with Crippen LogP contribution in [0, 0.1) is 11.6 Å². The van der Waals surface area contributed by atoms with Gasteiger partial charge in [0.2, 0.25) is 15.9 Å². The number of rotatable bonds is 11. The Bertz CT molecular complexity index is 1760. The number of aromatic nitrogens is 1. The van der Waals surface area contributed by atoms with E-state index in [4.69, 9.17) is 4.52 Å². The molecule has 1 aromatic heterocycles. The van der Waals surface area contributed by atoms with Gasteiger partial charge in [-0.3, -0.25) is 14.3 Å². The molecular weight excluding hydrogens is 588 g/mol. The van der Waals surface area contributed by atoms with Crippen molar-refractivity contribution in [1.82, 2.24) is 9.88 Å². The van der Waals surface area contributed by atoms with Gasteiger partial charge >= 0.3 is 0 Å². The summed E-state index contributed by atoms with van der Waals surface area (Å²) in [7, 11) is -3.58. The first-order valence-electron chi connectivity index (χ1n) is 14.6. The second-order valence-corrected chi connectivity index (χ2v) is 13.3. The molecule has 2 atom stereocenters. The summed E-state index contributed by atoms with van der Waals surface area (Å²) in [5.41, 5.74) is 3.33. The fourth-order valence-corrected chi connectivity index (χ4v) is 6.85. The summed E-state index contributed by atoms with van der Waals surface area (Å²) in [5.74, 6) is -1.41. The highest BCUT2D eigenvalue weighted by molar-refractivity contribution is 7.90. The van der Waals surface area contributed by atoms with E-state index in [-0.39, 0.29) is 29.9 Å². The lowest BCUT2D eigenvalue weighted by Gasteiger charge is -2.35. The molecule has 1 amide bonds. The standard InChI is InChI=1S/C33H31F2N3O5S/c34-23-8-5-21(6-9-23)17-27-19-31(36-43-27)29-16-7-22-20-38(25-12-10-24(35)11-13-25)26(18-30(22)33(29)40)3-1-2-4-32(39)37-44(41,42)28-14-15-28/h5-13,16,18-20,26,28-29H,1-4,14-15,17H2,(H,37,39). The molecule has 2 aliphatic carbocycles. The SMILES string of the molecule is O=C(CCCCC1C=C2C(=O)C(c3cc(Cc4ccc(F)cc4)on3)C=CC2=CN1c1ccc(F)cc1)NS(=O)(=O)C1CC1. The number of Topliss-reactive ketones (excluding diaryl/α,β-unsaturated/α-hetero) is 1. The number of ketones is 1. The molecule has 0 bridgehead atoms. The van der Waals surface area contributed by atoms with E-state index >= 15 is 0 Å². The number of sulfonamides is 1. The number of carbonyl (C=O) groups excluding carboxylic acids is 2. The van der Waals surface area contributed by atoms with Gasteiger partial charge in [-0.05, 0) is 67.6 Å². The van der Waals surface area contributed by atoms with Gasteiger partial charge in [0, 0.05) is 41.9 Å². The molecule has 0 spiro atoms. The van der Waals surface area contributed by atoms with E-state index in [1.165, 1.54) is 24.3 Å². The summed E-state index contributed by atoms with van der Waals surface area (Å²) in [4.78, 5) is 28.0. The van der Waals surface area contributed by atoms with Crippen LogP contribution in [0.3, 0.4) is 0 Å². The van der Waals surface area contributed by atoms with Crippen LogP contribution in [0.2, 0.25) is 0 Å². The molecule has 2 aromatic carbocycles. The first-order valence-corrected chi connectivity index (χ1v) is 16.2. The maximum absolute atomic E-state index is 13.7. The van der Waals surface area contributed by atoms with Crippen LogP contribution >= 0.6 is 0 Å². The number of fused-ring (bicyclic) bond motifs is 1. The molecule has 3 aromatic rings. The second kappa shape index (κ2) is 12.3. The van der Waals surface area contributed by atoms with E-state index in [2.05, 4.69) is 9.88 Å². The summed E-state index contributed by atoms with van der Waals surface area (Å²) < 4.78 is 58.7. The Balaban J connectivity index is 1.17. The van der Waals surface area contributed by atoms with Gasteiger partial charge in [0.25, 0.3) is 0 Å². The molecule has 3 aliphatic rings. The zero-order valence-electron chi connectivity index (χ0n) is 23.8. The van der Waals surface area contributed by atoms with Crippen LogP contribution < -0.4 is 9.62 Å². The van der Waals surface area contributed by atoms with Crippen molar-refractivity contribution in [2.45, 2.75) is 62.2 Å². The monoisotopic (exact) mass is 619 g/mol. The number of anilines is 1. The van der Waals surface area contributed by atoms with Crippen LogP contribution in [-0.4, -0.2) is 36.6 Å². The Hall–Kier alpha value is -4.38. The fraction of sp³-hybridized carbons (Fsp3) is 0.303. The van der Waals surface area contributed by atoms with Crippen LogP contribution in [0.4, 0.5) is 14.5 Å². The Morgan fingerprint density at radius 1 is 1.02 bits per heavy atom. The zero-order chi connectivity index (χ0) is 30.8. The molecule has 2 heterocycles. The Morgan fingerprint density at radius 3 is 2.43 bits per heavy atom. The molecule has 2 unspecified atom stereocenters. The lowest BCUT2D eigenvalue weighted by molar-refractivity contribution is -0.119. The fourth-order valence-electron chi connectivity index (χ4n) is 5.50. The number of hydrogen-bond acceptors (Lipinski definition) is 7. The lowest BCUT2D eigenvalue weighted by Crippen LogP contribution is -2.35. The minimum Gasteiger partial charge on any atom is -0.361 e. The average Bonchev–Trinajstić information content (AvgIpc) is 3.77. The van der Waals surface area contributed by atoms with Crippen LogP contribution in [0.1, 0.15) is 61.5 Å². The average molecular weight is 620 g/mol. The van der Waals surface area contributed by atoms with E-state index in [1.54, 1.807) is 36.4 Å². The van der Waals surface area contributed by atoms with Gasteiger partial charge in [-0.2, -0.15) is 0 Å². The third-order valence-corrected chi connectivity index (χ3v) is 9.87. The number of amides is 1. The molecule has 1 aliphatic heterocycles. The van der Waals surface area contributed by atoms with Crippen LogP contribution in [0.15, 0.2) is 94.7 Å². The second-order valence-electron chi connectivity index (χ2n) is 11.4. The molecule has 1 fully saturated rings. The van der Waals surface area contributed by atoms with Crippen LogP contribution in [0.5, 0.6) is 0 Å². The molecule has 228 valence electrons. The first kappa shape index (κ1) is 29.7. The Kier molecular flexibility index (Phi) is 8.31. The molecule has 1 saturated carbocycles. The lowest BCUT2D eigenvalue weighted by atomic mass is 9.82. The van der Waals surface area contributed by atoms with Crippen molar-refractivity contribution in [3.8, 4) is 0 Å². The highest BCUT2D eigenvalue weighted by Gasteiger charge is 2.37. The summed E-state index contributed by atoms with van der Waals surface area (Å²) in [6.45, 7) is 0.